The van der Waals surface area contributed by atoms with Gasteiger partial charge in [-0.3, -0.25) is 4.79 Å². The Morgan fingerprint density at radius 1 is 1.00 bits per heavy atom. The van der Waals surface area contributed by atoms with Gasteiger partial charge in [-0.15, -0.1) is 0 Å². The Morgan fingerprint density at radius 2 is 1.76 bits per heavy atom. The molecular weight excluding hydrogens is 365 g/mol. The van der Waals surface area contributed by atoms with E-state index in [1.54, 1.807) is 36.4 Å². The molecule has 0 atom stereocenters. The van der Waals surface area contributed by atoms with Gasteiger partial charge in [-0.05, 0) is 61.4 Å². The predicted octanol–water partition coefficient (Wildman–Crippen LogP) is 4.17. The molecule has 0 aliphatic heterocycles. The maximum atomic E-state index is 11.8. The second kappa shape index (κ2) is 8.74. The van der Waals surface area contributed by atoms with Crippen molar-refractivity contribution in [2.24, 2.45) is 0 Å². The van der Waals surface area contributed by atoms with Gasteiger partial charge in [0.05, 0.1) is 0 Å². The van der Waals surface area contributed by atoms with Crippen molar-refractivity contribution in [3.63, 3.8) is 0 Å². The first-order chi connectivity index (χ1) is 11.8. The monoisotopic (exact) mass is 381 g/mol. The molecule has 0 saturated carbocycles. The molecule has 1 amide bonds. The van der Waals surface area contributed by atoms with Crippen molar-refractivity contribution in [1.82, 2.24) is 0 Å². The maximum absolute atomic E-state index is 11.8. The molecule has 0 saturated heterocycles. The molecule has 0 unspecified atom stereocenters. The highest BCUT2D eigenvalue weighted by Crippen LogP contribution is 2.21. The van der Waals surface area contributed by atoms with Crippen molar-refractivity contribution >= 4 is 40.8 Å². The summed E-state index contributed by atoms with van der Waals surface area (Å²) in [6.45, 7) is 2.95. The number of halogens is 2. The number of hydrogen-bond donors (Lipinski definition) is 1. The topological polar surface area (TPSA) is 64.6 Å². The van der Waals surface area contributed by atoms with Gasteiger partial charge >= 0.3 is 5.97 Å². The van der Waals surface area contributed by atoms with Crippen molar-refractivity contribution in [2.75, 3.05) is 18.5 Å². The van der Waals surface area contributed by atoms with Crippen LogP contribution in [-0.2, 0) is 14.3 Å². The molecule has 2 aromatic rings. The fourth-order valence-electron chi connectivity index (χ4n) is 1.99. The zero-order valence-corrected chi connectivity index (χ0v) is 15.3. The predicted molar refractivity (Wildman–Crippen MR) is 97.5 cm³/mol. The Hall–Kier alpha value is -2.24. The van der Waals surface area contributed by atoms with E-state index in [4.69, 9.17) is 32.7 Å². The molecule has 0 heterocycles. The number of hydrogen-bond acceptors (Lipinski definition) is 4. The summed E-state index contributed by atoms with van der Waals surface area (Å²) in [5.74, 6) is -0.586. The molecule has 7 heteroatoms. The lowest BCUT2D eigenvalue weighted by Crippen LogP contribution is -2.24. The van der Waals surface area contributed by atoms with Gasteiger partial charge in [-0.25, -0.2) is 4.79 Å². The Bertz CT molecular complexity index is 793. The minimum absolute atomic E-state index is 0.297. The number of carbonyl (C=O) groups excluding carboxylic acids is 2. The number of ether oxygens (including phenoxy) is 2. The normalized spacial score (nSPS) is 10.2. The van der Waals surface area contributed by atoms with Crippen LogP contribution in [0, 0.1) is 13.8 Å². The number of aryl methyl sites for hydroxylation is 2. The maximum Gasteiger partial charge on any atom is 0.344 e. The van der Waals surface area contributed by atoms with E-state index < -0.39 is 18.5 Å². The molecule has 5 nitrogen and oxygen atoms in total. The SMILES string of the molecule is Cc1cc(OCC(=O)OCC(=O)Nc2ccc(Cl)cc2C)ccc1Cl. The van der Waals surface area contributed by atoms with E-state index in [2.05, 4.69) is 5.32 Å². The van der Waals surface area contributed by atoms with E-state index in [0.29, 0.717) is 21.5 Å². The van der Waals surface area contributed by atoms with Crippen LogP contribution in [-0.4, -0.2) is 25.1 Å². The number of carbonyl (C=O) groups is 2. The first-order valence-corrected chi connectivity index (χ1v) is 8.21. The standard InChI is InChI=1S/C18H17Cl2NO4/c1-11-8-14(4-5-15(11)20)24-10-18(23)25-9-17(22)21-16-6-3-13(19)7-12(16)2/h3-8H,9-10H2,1-2H3,(H,21,22). The summed E-state index contributed by atoms with van der Waals surface area (Å²) in [4.78, 5) is 23.5. The summed E-state index contributed by atoms with van der Waals surface area (Å²) >= 11 is 11.8. The number of esters is 1. The first-order valence-electron chi connectivity index (χ1n) is 7.45. The number of nitrogens with one attached hydrogen (secondary N) is 1. The smallest absolute Gasteiger partial charge is 0.344 e. The number of rotatable bonds is 6. The summed E-state index contributed by atoms with van der Waals surface area (Å²) in [5, 5.41) is 3.84. The van der Waals surface area contributed by atoms with Crippen molar-refractivity contribution in [3.05, 3.63) is 57.6 Å². The third-order valence-corrected chi connectivity index (χ3v) is 3.97. The van der Waals surface area contributed by atoms with E-state index in [1.807, 2.05) is 13.8 Å². The summed E-state index contributed by atoms with van der Waals surface area (Å²) in [6.07, 6.45) is 0. The zero-order valence-electron chi connectivity index (χ0n) is 13.8. The summed E-state index contributed by atoms with van der Waals surface area (Å²) in [7, 11) is 0. The van der Waals surface area contributed by atoms with Crippen LogP contribution in [0.3, 0.4) is 0 Å². The van der Waals surface area contributed by atoms with Gasteiger partial charge in [-0.1, -0.05) is 23.2 Å². The summed E-state index contributed by atoms with van der Waals surface area (Å²) in [6, 6.07) is 10.1. The molecule has 132 valence electrons. The molecule has 0 spiro atoms. The van der Waals surface area contributed by atoms with Crippen LogP contribution in [0.2, 0.25) is 10.0 Å². The highest BCUT2D eigenvalue weighted by atomic mass is 35.5. The van der Waals surface area contributed by atoms with Gasteiger partial charge in [0, 0.05) is 15.7 Å². The van der Waals surface area contributed by atoms with Crippen LogP contribution < -0.4 is 10.1 Å². The molecule has 2 rings (SSSR count). The lowest BCUT2D eigenvalue weighted by atomic mass is 10.2. The number of amides is 1. The molecule has 25 heavy (non-hydrogen) atoms. The minimum Gasteiger partial charge on any atom is -0.482 e. The van der Waals surface area contributed by atoms with E-state index >= 15 is 0 Å². The van der Waals surface area contributed by atoms with Crippen LogP contribution in [0.5, 0.6) is 5.75 Å². The fourth-order valence-corrected chi connectivity index (χ4v) is 2.33. The van der Waals surface area contributed by atoms with Crippen LogP contribution in [0.25, 0.3) is 0 Å². The minimum atomic E-state index is -0.643. The van der Waals surface area contributed by atoms with Crippen molar-refractivity contribution < 1.29 is 19.1 Å². The molecular formula is C18H17Cl2NO4. The zero-order chi connectivity index (χ0) is 18.4. The van der Waals surface area contributed by atoms with E-state index in [1.165, 1.54) is 0 Å². The summed E-state index contributed by atoms with van der Waals surface area (Å²) < 4.78 is 10.2. The van der Waals surface area contributed by atoms with Gasteiger partial charge in [0.2, 0.25) is 0 Å². The summed E-state index contributed by atoms with van der Waals surface area (Å²) in [5.41, 5.74) is 2.26. The van der Waals surface area contributed by atoms with E-state index in [0.717, 1.165) is 11.1 Å². The van der Waals surface area contributed by atoms with Crippen LogP contribution in [0.1, 0.15) is 11.1 Å². The number of benzene rings is 2. The second-order valence-electron chi connectivity index (χ2n) is 5.37. The molecule has 2 aromatic carbocycles. The lowest BCUT2D eigenvalue weighted by Gasteiger charge is -2.10. The highest BCUT2D eigenvalue weighted by Gasteiger charge is 2.10. The molecule has 0 fully saturated rings. The first kappa shape index (κ1) is 19.1. The Morgan fingerprint density at radius 3 is 2.44 bits per heavy atom. The average molecular weight is 382 g/mol. The number of anilines is 1. The van der Waals surface area contributed by atoms with Crippen molar-refractivity contribution in [3.8, 4) is 5.75 Å². The molecule has 0 aromatic heterocycles. The molecule has 0 bridgehead atoms. The quantitative estimate of drug-likeness (QED) is 0.762. The van der Waals surface area contributed by atoms with Gasteiger partial charge in [0.25, 0.3) is 5.91 Å². The molecule has 0 aliphatic rings. The van der Waals surface area contributed by atoms with Crippen LogP contribution in [0.4, 0.5) is 5.69 Å². The fraction of sp³-hybridized carbons (Fsp3) is 0.222. The van der Waals surface area contributed by atoms with Gasteiger partial charge in [0.1, 0.15) is 5.75 Å². The van der Waals surface area contributed by atoms with Gasteiger partial charge in [0.15, 0.2) is 13.2 Å². The lowest BCUT2D eigenvalue weighted by molar-refractivity contribution is -0.149. The Balaban J connectivity index is 1.77. The third kappa shape index (κ3) is 5.96. The van der Waals surface area contributed by atoms with Gasteiger partial charge < -0.3 is 14.8 Å². The Labute approximate surface area is 155 Å². The van der Waals surface area contributed by atoms with Gasteiger partial charge in [-0.2, -0.15) is 0 Å². The highest BCUT2D eigenvalue weighted by molar-refractivity contribution is 6.31. The largest absolute Gasteiger partial charge is 0.482 e. The molecule has 1 N–H and O–H groups in total. The molecule has 0 aliphatic carbocycles. The average Bonchev–Trinajstić information content (AvgIpc) is 2.56. The third-order valence-electron chi connectivity index (χ3n) is 3.31. The van der Waals surface area contributed by atoms with Crippen LogP contribution >= 0.6 is 23.2 Å². The van der Waals surface area contributed by atoms with Crippen LogP contribution in [0.15, 0.2) is 36.4 Å². The van der Waals surface area contributed by atoms with Crippen molar-refractivity contribution in [1.29, 1.82) is 0 Å². The van der Waals surface area contributed by atoms with E-state index in [9.17, 15) is 9.59 Å². The van der Waals surface area contributed by atoms with E-state index in [-0.39, 0.29) is 6.61 Å². The van der Waals surface area contributed by atoms with Crippen molar-refractivity contribution in [2.45, 2.75) is 13.8 Å². The second-order valence-corrected chi connectivity index (χ2v) is 6.21. The Kier molecular flexibility index (Phi) is 6.67. The molecule has 0 radical (unpaired) electrons.